The van der Waals surface area contributed by atoms with Gasteiger partial charge in [-0.1, -0.05) is 29.4 Å². The van der Waals surface area contributed by atoms with E-state index in [1.807, 2.05) is 12.1 Å². The molecule has 8 nitrogen and oxygen atoms in total. The van der Waals surface area contributed by atoms with Gasteiger partial charge < -0.3 is 11.1 Å². The molecule has 1 aliphatic rings. The Balaban J connectivity index is 1.51. The Morgan fingerprint density at radius 3 is 2.78 bits per heavy atom. The van der Waals surface area contributed by atoms with E-state index in [9.17, 15) is 4.79 Å². The first-order chi connectivity index (χ1) is 11.2. The van der Waals surface area contributed by atoms with Gasteiger partial charge in [0.1, 0.15) is 6.54 Å². The summed E-state index contributed by atoms with van der Waals surface area (Å²) < 4.78 is 1.26. The van der Waals surface area contributed by atoms with Crippen LogP contribution in [-0.4, -0.2) is 44.1 Å². The average molecular weight is 315 g/mol. The molecule has 1 aromatic heterocycles. The lowest BCUT2D eigenvalue weighted by atomic mass is 10.1. The maximum atomic E-state index is 11.9. The van der Waals surface area contributed by atoms with E-state index in [2.05, 4.69) is 37.9 Å². The summed E-state index contributed by atoms with van der Waals surface area (Å²) in [6.07, 6.45) is 2.58. The zero-order valence-electron chi connectivity index (χ0n) is 13.0. The van der Waals surface area contributed by atoms with Gasteiger partial charge in [0.2, 0.25) is 11.9 Å². The van der Waals surface area contributed by atoms with Crippen LogP contribution in [0.15, 0.2) is 24.3 Å². The minimum atomic E-state index is -0.172. The third kappa shape index (κ3) is 4.26. The summed E-state index contributed by atoms with van der Waals surface area (Å²) in [5.41, 5.74) is 7.90. The molecule has 1 fully saturated rings. The number of likely N-dealkylation sites (tertiary alicyclic amines) is 1. The van der Waals surface area contributed by atoms with Crippen molar-refractivity contribution in [2.24, 2.45) is 0 Å². The topological polar surface area (TPSA) is 102 Å². The second-order valence-corrected chi connectivity index (χ2v) is 5.77. The van der Waals surface area contributed by atoms with Crippen molar-refractivity contribution in [1.29, 1.82) is 0 Å². The Morgan fingerprint density at radius 1 is 1.26 bits per heavy atom. The first-order valence-corrected chi connectivity index (χ1v) is 7.79. The molecule has 3 rings (SSSR count). The van der Waals surface area contributed by atoms with E-state index in [0.717, 1.165) is 12.1 Å². The molecule has 0 saturated carbocycles. The fourth-order valence-electron chi connectivity index (χ4n) is 2.75. The van der Waals surface area contributed by atoms with Crippen molar-refractivity contribution in [3.63, 3.8) is 0 Å². The van der Waals surface area contributed by atoms with E-state index in [0.29, 0.717) is 6.54 Å². The van der Waals surface area contributed by atoms with E-state index in [1.54, 1.807) is 0 Å². The van der Waals surface area contributed by atoms with E-state index >= 15 is 0 Å². The van der Waals surface area contributed by atoms with Gasteiger partial charge in [0.25, 0.3) is 0 Å². The van der Waals surface area contributed by atoms with Gasteiger partial charge in [0.05, 0.1) is 0 Å². The summed E-state index contributed by atoms with van der Waals surface area (Å²) in [6.45, 7) is 3.83. The molecule has 0 atom stereocenters. The number of carbonyl (C=O) groups excluding carboxylic acids is 1. The summed E-state index contributed by atoms with van der Waals surface area (Å²) >= 11 is 0. The van der Waals surface area contributed by atoms with E-state index < -0.39 is 0 Å². The lowest BCUT2D eigenvalue weighted by molar-refractivity contribution is -0.122. The van der Waals surface area contributed by atoms with Crippen molar-refractivity contribution in [3.05, 3.63) is 35.4 Å². The van der Waals surface area contributed by atoms with Crippen LogP contribution in [-0.2, 0) is 24.4 Å². The molecule has 0 spiro atoms. The van der Waals surface area contributed by atoms with Crippen molar-refractivity contribution in [2.75, 3.05) is 18.8 Å². The van der Waals surface area contributed by atoms with Gasteiger partial charge >= 0.3 is 0 Å². The number of nitrogens with zero attached hydrogens (tertiary/aromatic N) is 5. The zero-order chi connectivity index (χ0) is 16.1. The highest BCUT2D eigenvalue weighted by atomic mass is 16.2. The van der Waals surface area contributed by atoms with Crippen LogP contribution in [0, 0.1) is 0 Å². The third-order valence-corrected chi connectivity index (χ3v) is 3.94. The number of carbonyl (C=O) groups is 1. The van der Waals surface area contributed by atoms with Crippen LogP contribution < -0.4 is 11.1 Å². The molecule has 3 N–H and O–H groups in total. The molecule has 0 unspecified atom stereocenters. The van der Waals surface area contributed by atoms with Crippen LogP contribution in [0.4, 0.5) is 5.95 Å². The lowest BCUT2D eigenvalue weighted by Gasteiger charge is -2.15. The second kappa shape index (κ2) is 7.19. The molecule has 1 aliphatic heterocycles. The number of aromatic nitrogens is 4. The Morgan fingerprint density at radius 2 is 2.04 bits per heavy atom. The molecule has 0 bridgehead atoms. The highest BCUT2D eigenvalue weighted by Crippen LogP contribution is 2.13. The highest BCUT2D eigenvalue weighted by molar-refractivity contribution is 5.75. The van der Waals surface area contributed by atoms with Crippen molar-refractivity contribution in [2.45, 2.75) is 32.5 Å². The molecule has 122 valence electrons. The predicted octanol–water partition coefficient (Wildman–Crippen LogP) is 0.168. The number of benzene rings is 1. The zero-order valence-corrected chi connectivity index (χ0v) is 13.0. The van der Waals surface area contributed by atoms with Crippen LogP contribution >= 0.6 is 0 Å². The number of anilines is 1. The SMILES string of the molecule is Nc1nnnn1CC(=O)NCc1cccc(CN2CCCC2)c1. The molecule has 0 aliphatic carbocycles. The Kier molecular flexibility index (Phi) is 4.82. The van der Waals surface area contributed by atoms with Crippen molar-refractivity contribution in [1.82, 2.24) is 30.4 Å². The number of hydrogen-bond acceptors (Lipinski definition) is 6. The molecule has 1 amide bonds. The average Bonchev–Trinajstić information content (AvgIpc) is 3.18. The van der Waals surface area contributed by atoms with Gasteiger partial charge in [-0.05, 0) is 47.5 Å². The van der Waals surface area contributed by atoms with Gasteiger partial charge in [-0.15, -0.1) is 0 Å². The smallest absolute Gasteiger partial charge is 0.242 e. The molecule has 1 aromatic carbocycles. The van der Waals surface area contributed by atoms with Crippen LogP contribution in [0.25, 0.3) is 0 Å². The summed E-state index contributed by atoms with van der Waals surface area (Å²) in [4.78, 5) is 14.4. The molecular formula is C15H21N7O. The van der Waals surface area contributed by atoms with Gasteiger partial charge in [0.15, 0.2) is 0 Å². The van der Waals surface area contributed by atoms with Gasteiger partial charge in [-0.25, -0.2) is 4.68 Å². The molecule has 2 aromatic rings. The quantitative estimate of drug-likeness (QED) is 0.788. The number of rotatable bonds is 6. The summed E-state index contributed by atoms with van der Waals surface area (Å²) in [5.74, 6) is -0.0401. The number of nitrogen functional groups attached to an aromatic ring is 1. The Hall–Kier alpha value is -2.48. The van der Waals surface area contributed by atoms with Gasteiger partial charge in [-0.2, -0.15) is 0 Å². The van der Waals surface area contributed by atoms with Crippen molar-refractivity contribution >= 4 is 11.9 Å². The number of hydrogen-bond donors (Lipinski definition) is 2. The molecule has 2 heterocycles. The summed E-state index contributed by atoms with van der Waals surface area (Å²) in [7, 11) is 0. The fourth-order valence-corrected chi connectivity index (χ4v) is 2.75. The number of nitrogens with two attached hydrogens (primary N) is 1. The Labute approximate surface area is 134 Å². The summed E-state index contributed by atoms with van der Waals surface area (Å²) in [5, 5.41) is 13.5. The summed E-state index contributed by atoms with van der Waals surface area (Å²) in [6, 6.07) is 8.32. The molecule has 1 saturated heterocycles. The first-order valence-electron chi connectivity index (χ1n) is 7.79. The second-order valence-electron chi connectivity index (χ2n) is 5.77. The predicted molar refractivity (Wildman–Crippen MR) is 85.0 cm³/mol. The minimum Gasteiger partial charge on any atom is -0.367 e. The molecule has 23 heavy (non-hydrogen) atoms. The van der Waals surface area contributed by atoms with E-state index in [1.165, 1.54) is 36.2 Å². The molecule has 8 heteroatoms. The maximum absolute atomic E-state index is 11.9. The third-order valence-electron chi connectivity index (χ3n) is 3.94. The number of tetrazole rings is 1. The number of nitrogens with one attached hydrogen (secondary N) is 1. The van der Waals surface area contributed by atoms with Gasteiger partial charge in [-0.3, -0.25) is 9.69 Å². The minimum absolute atomic E-state index is 0.0201. The normalized spacial score (nSPS) is 15.0. The van der Waals surface area contributed by atoms with Crippen LogP contribution in [0.1, 0.15) is 24.0 Å². The largest absolute Gasteiger partial charge is 0.367 e. The van der Waals surface area contributed by atoms with Crippen molar-refractivity contribution < 1.29 is 4.79 Å². The monoisotopic (exact) mass is 315 g/mol. The first kappa shape index (κ1) is 15.4. The maximum Gasteiger partial charge on any atom is 0.242 e. The van der Waals surface area contributed by atoms with Crippen molar-refractivity contribution in [3.8, 4) is 0 Å². The number of amides is 1. The lowest BCUT2D eigenvalue weighted by Crippen LogP contribution is -2.28. The standard InChI is InChI=1S/C15H21N7O/c16-15-18-19-20-22(15)11-14(23)17-9-12-4-3-5-13(8-12)10-21-6-1-2-7-21/h3-5,8H,1-2,6-7,9-11H2,(H,17,23)(H2,16,18,20). The van der Waals surface area contributed by atoms with E-state index in [-0.39, 0.29) is 18.4 Å². The van der Waals surface area contributed by atoms with Crippen LogP contribution in [0.2, 0.25) is 0 Å². The highest BCUT2D eigenvalue weighted by Gasteiger charge is 2.12. The Bertz CT molecular complexity index is 663. The van der Waals surface area contributed by atoms with Crippen LogP contribution in [0.5, 0.6) is 0 Å². The molecule has 0 radical (unpaired) electrons. The fraction of sp³-hybridized carbons (Fsp3) is 0.467. The van der Waals surface area contributed by atoms with Gasteiger partial charge in [0, 0.05) is 13.1 Å². The van der Waals surface area contributed by atoms with E-state index in [4.69, 9.17) is 5.73 Å². The molecular weight excluding hydrogens is 294 g/mol. The van der Waals surface area contributed by atoms with Crippen LogP contribution in [0.3, 0.4) is 0 Å².